The summed E-state index contributed by atoms with van der Waals surface area (Å²) in [4.78, 5) is 12.1. The first-order valence-electron chi connectivity index (χ1n) is 7.42. The van der Waals surface area contributed by atoms with E-state index in [0.29, 0.717) is 6.42 Å². The SMILES string of the molecule is COc1ccc([C@H]2CC(=O)Nc3c2cnn3C(C)(C)C)cc1. The highest BCUT2D eigenvalue weighted by molar-refractivity contribution is 5.94. The van der Waals surface area contributed by atoms with Crippen molar-refractivity contribution >= 4 is 11.7 Å². The normalized spacial score (nSPS) is 17.8. The molecule has 5 heteroatoms. The van der Waals surface area contributed by atoms with Crippen LogP contribution in [0.25, 0.3) is 0 Å². The van der Waals surface area contributed by atoms with E-state index in [0.717, 1.165) is 22.7 Å². The second kappa shape index (κ2) is 5.16. The zero-order valence-electron chi connectivity index (χ0n) is 13.4. The first-order valence-corrected chi connectivity index (χ1v) is 7.42. The third-order valence-corrected chi connectivity index (χ3v) is 3.97. The molecule has 1 aromatic heterocycles. The van der Waals surface area contributed by atoms with Crippen LogP contribution in [0.4, 0.5) is 5.82 Å². The molecule has 2 heterocycles. The number of methoxy groups -OCH3 is 1. The Kier molecular flexibility index (Phi) is 3.43. The van der Waals surface area contributed by atoms with Crippen LogP contribution in [-0.4, -0.2) is 22.8 Å². The fourth-order valence-corrected chi connectivity index (χ4v) is 2.86. The second-order valence-corrected chi connectivity index (χ2v) is 6.61. The molecule has 0 saturated heterocycles. The number of aromatic nitrogens is 2. The molecule has 1 aromatic carbocycles. The lowest BCUT2D eigenvalue weighted by atomic mass is 9.87. The Labute approximate surface area is 130 Å². The van der Waals surface area contributed by atoms with Gasteiger partial charge in [-0.2, -0.15) is 5.10 Å². The smallest absolute Gasteiger partial charge is 0.226 e. The van der Waals surface area contributed by atoms with E-state index in [4.69, 9.17) is 4.74 Å². The van der Waals surface area contributed by atoms with Gasteiger partial charge in [-0.05, 0) is 38.5 Å². The van der Waals surface area contributed by atoms with Crippen molar-refractivity contribution in [3.63, 3.8) is 0 Å². The third kappa shape index (κ3) is 2.47. The van der Waals surface area contributed by atoms with Gasteiger partial charge >= 0.3 is 0 Å². The van der Waals surface area contributed by atoms with Crippen LogP contribution >= 0.6 is 0 Å². The van der Waals surface area contributed by atoms with Gasteiger partial charge in [0.15, 0.2) is 0 Å². The van der Waals surface area contributed by atoms with Gasteiger partial charge in [-0.1, -0.05) is 12.1 Å². The molecule has 2 aromatic rings. The standard InChI is InChI=1S/C17H21N3O2/c1-17(2,3)20-16-14(10-18-20)13(9-15(21)19-16)11-5-7-12(22-4)8-6-11/h5-8,10,13H,9H2,1-4H3,(H,19,21)/t13-/m1/s1. The molecule has 5 nitrogen and oxygen atoms in total. The van der Waals surface area contributed by atoms with Crippen molar-refractivity contribution in [3.8, 4) is 5.75 Å². The maximum absolute atomic E-state index is 12.1. The Morgan fingerprint density at radius 1 is 1.27 bits per heavy atom. The Morgan fingerprint density at radius 3 is 2.55 bits per heavy atom. The van der Waals surface area contributed by atoms with Crippen molar-refractivity contribution in [1.29, 1.82) is 0 Å². The number of nitrogens with zero attached hydrogens (tertiary/aromatic N) is 2. The zero-order chi connectivity index (χ0) is 15.9. The van der Waals surface area contributed by atoms with Crippen LogP contribution < -0.4 is 10.1 Å². The fraction of sp³-hybridized carbons (Fsp3) is 0.412. The van der Waals surface area contributed by atoms with Crippen LogP contribution in [0.15, 0.2) is 30.5 Å². The summed E-state index contributed by atoms with van der Waals surface area (Å²) in [5, 5.41) is 7.46. The van der Waals surface area contributed by atoms with Gasteiger partial charge in [0.1, 0.15) is 11.6 Å². The number of hydrogen-bond acceptors (Lipinski definition) is 3. The van der Waals surface area contributed by atoms with E-state index in [1.54, 1.807) is 7.11 Å². The topological polar surface area (TPSA) is 56.1 Å². The van der Waals surface area contributed by atoms with Crippen molar-refractivity contribution in [2.24, 2.45) is 0 Å². The van der Waals surface area contributed by atoms with Crippen LogP contribution in [0.3, 0.4) is 0 Å². The van der Waals surface area contributed by atoms with E-state index < -0.39 is 0 Å². The first-order chi connectivity index (χ1) is 10.4. The largest absolute Gasteiger partial charge is 0.497 e. The van der Waals surface area contributed by atoms with E-state index in [2.05, 4.69) is 31.2 Å². The molecule has 1 aliphatic rings. The molecular formula is C17H21N3O2. The number of fused-ring (bicyclic) bond motifs is 1. The van der Waals surface area contributed by atoms with E-state index in [1.165, 1.54) is 0 Å². The van der Waals surface area contributed by atoms with E-state index in [-0.39, 0.29) is 17.4 Å². The lowest BCUT2D eigenvalue weighted by Crippen LogP contribution is -2.30. The predicted molar refractivity (Wildman–Crippen MR) is 85.3 cm³/mol. The lowest BCUT2D eigenvalue weighted by Gasteiger charge is -2.28. The molecule has 0 aliphatic carbocycles. The molecule has 22 heavy (non-hydrogen) atoms. The van der Waals surface area contributed by atoms with Gasteiger partial charge in [-0.25, -0.2) is 4.68 Å². The number of ether oxygens (including phenoxy) is 1. The second-order valence-electron chi connectivity index (χ2n) is 6.61. The van der Waals surface area contributed by atoms with Crippen molar-refractivity contribution in [2.45, 2.75) is 38.6 Å². The van der Waals surface area contributed by atoms with Gasteiger partial charge in [-0.3, -0.25) is 4.79 Å². The minimum absolute atomic E-state index is 0.0271. The highest BCUT2D eigenvalue weighted by Crippen LogP contribution is 2.39. The summed E-state index contributed by atoms with van der Waals surface area (Å²) in [5.41, 5.74) is 1.99. The number of carbonyl (C=O) groups excluding carboxylic acids is 1. The molecule has 0 unspecified atom stereocenters. The van der Waals surface area contributed by atoms with Gasteiger partial charge in [0.25, 0.3) is 0 Å². The average molecular weight is 299 g/mol. The van der Waals surface area contributed by atoms with E-state index in [9.17, 15) is 4.79 Å². The molecular weight excluding hydrogens is 278 g/mol. The molecule has 1 amide bonds. The van der Waals surface area contributed by atoms with Gasteiger partial charge in [0.05, 0.1) is 18.8 Å². The number of carbonyl (C=O) groups is 1. The zero-order valence-corrected chi connectivity index (χ0v) is 13.4. The summed E-state index contributed by atoms with van der Waals surface area (Å²) in [5.74, 6) is 1.68. The molecule has 1 N–H and O–H groups in total. The van der Waals surface area contributed by atoms with Crippen LogP contribution in [0, 0.1) is 0 Å². The van der Waals surface area contributed by atoms with Crippen LogP contribution in [-0.2, 0) is 10.3 Å². The molecule has 1 aliphatic heterocycles. The number of hydrogen-bond donors (Lipinski definition) is 1. The number of nitrogens with one attached hydrogen (secondary N) is 1. The number of anilines is 1. The predicted octanol–water partition coefficient (Wildman–Crippen LogP) is 3.12. The van der Waals surface area contributed by atoms with E-state index in [1.807, 2.05) is 35.1 Å². The van der Waals surface area contributed by atoms with Gasteiger partial charge in [0, 0.05) is 17.9 Å². The Balaban J connectivity index is 2.04. The maximum atomic E-state index is 12.1. The number of amides is 1. The van der Waals surface area contributed by atoms with Crippen LogP contribution in [0.1, 0.15) is 44.2 Å². The van der Waals surface area contributed by atoms with Gasteiger partial charge < -0.3 is 10.1 Å². The molecule has 3 rings (SSSR count). The minimum Gasteiger partial charge on any atom is -0.497 e. The average Bonchev–Trinajstić information content (AvgIpc) is 2.90. The Hall–Kier alpha value is -2.30. The van der Waals surface area contributed by atoms with E-state index >= 15 is 0 Å². The summed E-state index contributed by atoms with van der Waals surface area (Å²) < 4.78 is 7.09. The monoisotopic (exact) mass is 299 g/mol. The number of rotatable bonds is 2. The summed E-state index contributed by atoms with van der Waals surface area (Å²) in [6, 6.07) is 7.88. The molecule has 1 atom stereocenters. The molecule has 0 saturated carbocycles. The van der Waals surface area contributed by atoms with Crippen LogP contribution in [0.5, 0.6) is 5.75 Å². The summed E-state index contributed by atoms with van der Waals surface area (Å²) in [6.07, 6.45) is 2.31. The lowest BCUT2D eigenvalue weighted by molar-refractivity contribution is -0.116. The van der Waals surface area contributed by atoms with Crippen molar-refractivity contribution in [2.75, 3.05) is 12.4 Å². The number of benzene rings is 1. The van der Waals surface area contributed by atoms with Gasteiger partial charge in [-0.15, -0.1) is 0 Å². The van der Waals surface area contributed by atoms with Crippen molar-refractivity contribution < 1.29 is 9.53 Å². The summed E-state index contributed by atoms with van der Waals surface area (Å²) >= 11 is 0. The highest BCUT2D eigenvalue weighted by atomic mass is 16.5. The highest BCUT2D eigenvalue weighted by Gasteiger charge is 2.32. The summed E-state index contributed by atoms with van der Waals surface area (Å²) in [6.45, 7) is 6.22. The van der Waals surface area contributed by atoms with Crippen LogP contribution in [0.2, 0.25) is 0 Å². The summed E-state index contributed by atoms with van der Waals surface area (Å²) in [7, 11) is 1.65. The molecule has 0 fully saturated rings. The molecule has 0 spiro atoms. The Bertz CT molecular complexity index is 696. The fourth-order valence-electron chi connectivity index (χ4n) is 2.86. The minimum atomic E-state index is -0.178. The first kappa shape index (κ1) is 14.6. The van der Waals surface area contributed by atoms with Gasteiger partial charge in [0.2, 0.25) is 5.91 Å². The molecule has 0 bridgehead atoms. The molecule has 0 radical (unpaired) electrons. The Morgan fingerprint density at radius 2 is 1.95 bits per heavy atom. The maximum Gasteiger partial charge on any atom is 0.226 e. The van der Waals surface area contributed by atoms with Crippen molar-refractivity contribution in [1.82, 2.24) is 9.78 Å². The molecule has 116 valence electrons. The van der Waals surface area contributed by atoms with Crippen molar-refractivity contribution in [3.05, 3.63) is 41.6 Å². The third-order valence-electron chi connectivity index (χ3n) is 3.97. The quantitative estimate of drug-likeness (QED) is 0.927.